The molecule has 0 aliphatic rings. The summed E-state index contributed by atoms with van der Waals surface area (Å²) in [7, 11) is 0. The largest absolute Gasteiger partial charge is 0.412 e. The van der Waals surface area contributed by atoms with Crippen LogP contribution in [0.1, 0.15) is 26.7 Å². The van der Waals surface area contributed by atoms with Crippen molar-refractivity contribution in [1.29, 1.82) is 0 Å². The van der Waals surface area contributed by atoms with E-state index in [1.54, 1.807) is 25.2 Å². The van der Waals surface area contributed by atoms with Crippen molar-refractivity contribution < 1.29 is 13.2 Å². The van der Waals surface area contributed by atoms with Crippen LogP contribution < -0.4 is 0 Å². The van der Waals surface area contributed by atoms with Gasteiger partial charge >= 0.3 is 6.18 Å². The molecular formula is C11H15F3. The van der Waals surface area contributed by atoms with E-state index in [1.165, 1.54) is 6.08 Å². The summed E-state index contributed by atoms with van der Waals surface area (Å²) in [4.78, 5) is 0. The molecule has 0 aromatic carbocycles. The van der Waals surface area contributed by atoms with E-state index in [9.17, 15) is 13.2 Å². The summed E-state index contributed by atoms with van der Waals surface area (Å²) in [5.74, 6) is 0. The molecule has 0 fully saturated rings. The molecule has 0 aliphatic heterocycles. The molecule has 0 saturated heterocycles. The minimum atomic E-state index is -4.22. The van der Waals surface area contributed by atoms with Crippen LogP contribution in [-0.4, -0.2) is 6.18 Å². The van der Waals surface area contributed by atoms with Crippen LogP contribution in [-0.2, 0) is 0 Å². The van der Waals surface area contributed by atoms with Crippen molar-refractivity contribution in [3.05, 3.63) is 36.0 Å². The number of allylic oxidation sites excluding steroid dienone is 6. The molecule has 0 unspecified atom stereocenters. The first-order valence-electron chi connectivity index (χ1n) is 4.56. The zero-order valence-corrected chi connectivity index (χ0v) is 8.43. The van der Waals surface area contributed by atoms with E-state index in [4.69, 9.17) is 0 Å². The summed E-state index contributed by atoms with van der Waals surface area (Å²) < 4.78 is 37.0. The standard InChI is InChI=1S/C11H15F3/c1-3-5-7-9-10(8-6-4-2)11(12,13)14/h4-8H,3,9H2,1-2H3/b6-4+,7-5-,10-8+. The molecule has 80 valence electrons. The highest BCUT2D eigenvalue weighted by molar-refractivity contribution is 5.19. The highest BCUT2D eigenvalue weighted by atomic mass is 19.4. The lowest BCUT2D eigenvalue weighted by Gasteiger charge is -2.08. The summed E-state index contributed by atoms with van der Waals surface area (Å²) in [5, 5.41) is 0. The van der Waals surface area contributed by atoms with Crippen LogP contribution in [0.5, 0.6) is 0 Å². The molecule has 0 radical (unpaired) electrons. The third-order valence-electron chi connectivity index (χ3n) is 1.59. The van der Waals surface area contributed by atoms with Gasteiger partial charge in [-0.2, -0.15) is 13.2 Å². The van der Waals surface area contributed by atoms with Crippen LogP contribution in [0.2, 0.25) is 0 Å². The van der Waals surface area contributed by atoms with E-state index in [-0.39, 0.29) is 6.42 Å². The van der Waals surface area contributed by atoms with Crippen LogP contribution in [0.25, 0.3) is 0 Å². The molecule has 14 heavy (non-hydrogen) atoms. The van der Waals surface area contributed by atoms with Crippen molar-refractivity contribution in [1.82, 2.24) is 0 Å². The van der Waals surface area contributed by atoms with Gasteiger partial charge in [0.25, 0.3) is 0 Å². The molecule has 0 spiro atoms. The van der Waals surface area contributed by atoms with Crippen molar-refractivity contribution in [2.75, 3.05) is 0 Å². The Morgan fingerprint density at radius 1 is 1.21 bits per heavy atom. The van der Waals surface area contributed by atoms with E-state index >= 15 is 0 Å². The zero-order valence-electron chi connectivity index (χ0n) is 8.43. The van der Waals surface area contributed by atoms with Gasteiger partial charge in [0.05, 0.1) is 0 Å². The number of alkyl halides is 3. The number of rotatable bonds is 4. The lowest BCUT2D eigenvalue weighted by atomic mass is 10.1. The molecular weight excluding hydrogens is 189 g/mol. The van der Waals surface area contributed by atoms with Crippen molar-refractivity contribution in [3.63, 3.8) is 0 Å². The lowest BCUT2D eigenvalue weighted by molar-refractivity contribution is -0.0928. The van der Waals surface area contributed by atoms with Crippen LogP contribution in [0, 0.1) is 0 Å². The molecule has 0 heterocycles. The van der Waals surface area contributed by atoms with Gasteiger partial charge in [-0.25, -0.2) is 0 Å². The molecule has 0 nitrogen and oxygen atoms in total. The normalized spacial score (nSPS) is 14.5. The first-order valence-corrected chi connectivity index (χ1v) is 4.56. The van der Waals surface area contributed by atoms with Crippen LogP contribution in [0.4, 0.5) is 13.2 Å². The maximum atomic E-state index is 12.3. The Kier molecular flexibility index (Phi) is 6.00. The third-order valence-corrected chi connectivity index (χ3v) is 1.59. The van der Waals surface area contributed by atoms with E-state index < -0.39 is 11.7 Å². The molecule has 0 aromatic rings. The van der Waals surface area contributed by atoms with Crippen LogP contribution in [0.15, 0.2) is 36.0 Å². The predicted molar refractivity (Wildman–Crippen MR) is 53.0 cm³/mol. The molecule has 0 bridgehead atoms. The summed E-state index contributed by atoms with van der Waals surface area (Å²) >= 11 is 0. The van der Waals surface area contributed by atoms with Crippen molar-refractivity contribution >= 4 is 0 Å². The van der Waals surface area contributed by atoms with Crippen LogP contribution in [0.3, 0.4) is 0 Å². The SMILES string of the molecule is C/C=C/C=C(\C/C=C\CC)C(F)(F)F. The molecule has 0 N–H and O–H groups in total. The Bertz CT molecular complexity index is 231. The Balaban J connectivity index is 4.50. The van der Waals surface area contributed by atoms with Gasteiger partial charge in [-0.05, 0) is 19.8 Å². The second-order valence-corrected chi connectivity index (χ2v) is 2.80. The van der Waals surface area contributed by atoms with E-state index in [2.05, 4.69) is 0 Å². The molecule has 0 atom stereocenters. The molecule has 0 saturated carbocycles. The quantitative estimate of drug-likeness (QED) is 0.470. The van der Waals surface area contributed by atoms with Gasteiger partial charge in [-0.15, -0.1) is 0 Å². The first kappa shape index (κ1) is 13.0. The number of halogens is 3. The fraction of sp³-hybridized carbons (Fsp3) is 0.455. The maximum Gasteiger partial charge on any atom is 0.412 e. The number of hydrogen-bond acceptors (Lipinski definition) is 0. The summed E-state index contributed by atoms with van der Waals surface area (Å²) in [5.41, 5.74) is -0.514. The van der Waals surface area contributed by atoms with E-state index in [0.29, 0.717) is 0 Å². The molecule has 0 rings (SSSR count). The van der Waals surface area contributed by atoms with Gasteiger partial charge in [0, 0.05) is 5.57 Å². The fourth-order valence-corrected chi connectivity index (χ4v) is 0.868. The molecule has 0 aliphatic carbocycles. The lowest BCUT2D eigenvalue weighted by Crippen LogP contribution is -2.10. The smallest absolute Gasteiger partial charge is 0.166 e. The summed E-state index contributed by atoms with van der Waals surface area (Å²) in [6.07, 6.45) is 3.85. The van der Waals surface area contributed by atoms with Gasteiger partial charge in [-0.3, -0.25) is 0 Å². The fourth-order valence-electron chi connectivity index (χ4n) is 0.868. The van der Waals surface area contributed by atoms with E-state index in [0.717, 1.165) is 12.5 Å². The Morgan fingerprint density at radius 3 is 2.29 bits per heavy atom. The van der Waals surface area contributed by atoms with Crippen molar-refractivity contribution in [2.24, 2.45) is 0 Å². The van der Waals surface area contributed by atoms with Gasteiger partial charge in [0.2, 0.25) is 0 Å². The third kappa shape index (κ3) is 5.62. The van der Waals surface area contributed by atoms with Gasteiger partial charge in [0.1, 0.15) is 0 Å². The van der Waals surface area contributed by atoms with Gasteiger partial charge in [-0.1, -0.05) is 37.3 Å². The Labute approximate surface area is 82.8 Å². The van der Waals surface area contributed by atoms with E-state index in [1.807, 2.05) is 6.92 Å². The average Bonchev–Trinajstić information content (AvgIpc) is 2.09. The highest BCUT2D eigenvalue weighted by Gasteiger charge is 2.31. The monoisotopic (exact) mass is 204 g/mol. The highest BCUT2D eigenvalue weighted by Crippen LogP contribution is 2.28. The molecule has 0 amide bonds. The minimum absolute atomic E-state index is 0.0539. The average molecular weight is 204 g/mol. The summed E-state index contributed by atoms with van der Waals surface area (Å²) in [6.45, 7) is 3.58. The Hall–Kier alpha value is -0.990. The molecule has 3 heteroatoms. The van der Waals surface area contributed by atoms with Gasteiger partial charge in [0.15, 0.2) is 0 Å². The number of hydrogen-bond donors (Lipinski definition) is 0. The van der Waals surface area contributed by atoms with Gasteiger partial charge < -0.3 is 0 Å². The first-order chi connectivity index (χ1) is 6.52. The summed E-state index contributed by atoms with van der Waals surface area (Å²) in [6, 6.07) is 0. The van der Waals surface area contributed by atoms with Crippen molar-refractivity contribution in [2.45, 2.75) is 32.9 Å². The second-order valence-electron chi connectivity index (χ2n) is 2.80. The Morgan fingerprint density at radius 2 is 1.86 bits per heavy atom. The maximum absolute atomic E-state index is 12.3. The minimum Gasteiger partial charge on any atom is -0.166 e. The predicted octanol–water partition coefficient (Wildman–Crippen LogP) is 4.41. The second kappa shape index (κ2) is 6.46. The van der Waals surface area contributed by atoms with Crippen LogP contribution >= 0.6 is 0 Å². The van der Waals surface area contributed by atoms with Crippen molar-refractivity contribution in [3.8, 4) is 0 Å². The molecule has 0 aromatic heterocycles. The zero-order chi connectivity index (χ0) is 11.0. The topological polar surface area (TPSA) is 0 Å².